The molecule has 1 heterocycles. The molecule has 142 valence electrons. The molecule has 1 aromatic carbocycles. The van der Waals surface area contributed by atoms with Crippen LogP contribution in [-0.2, 0) is 4.79 Å². The lowest BCUT2D eigenvalue weighted by atomic mass is 9.98. The van der Waals surface area contributed by atoms with Gasteiger partial charge in [-0.15, -0.1) is 12.4 Å². The Morgan fingerprint density at radius 1 is 1.20 bits per heavy atom. The van der Waals surface area contributed by atoms with Crippen molar-refractivity contribution < 1.29 is 19.0 Å². The van der Waals surface area contributed by atoms with E-state index in [2.05, 4.69) is 5.32 Å². The second-order valence-corrected chi connectivity index (χ2v) is 6.05. The van der Waals surface area contributed by atoms with Gasteiger partial charge in [0.25, 0.3) is 0 Å². The number of amides is 1. The minimum absolute atomic E-state index is 0. The molecule has 0 aliphatic carbocycles. The second kappa shape index (κ2) is 11.1. The normalized spacial score (nSPS) is 16.5. The molecule has 0 spiro atoms. The van der Waals surface area contributed by atoms with Crippen LogP contribution in [0.4, 0.5) is 0 Å². The van der Waals surface area contributed by atoms with Crippen LogP contribution in [0.5, 0.6) is 17.2 Å². The standard InChI is InChI=1S/C18H28N2O4.ClH/c1-20(18(21)14-6-4-7-19-13-14)8-5-9-24-17-11-15(22-2)10-16(12-17)23-3;/h10-12,14,19H,4-9,13H2,1-3H3;1H. The minimum atomic E-state index is 0. The first-order chi connectivity index (χ1) is 11.6. The Labute approximate surface area is 156 Å². The summed E-state index contributed by atoms with van der Waals surface area (Å²) < 4.78 is 16.2. The fourth-order valence-corrected chi connectivity index (χ4v) is 2.84. The quantitative estimate of drug-likeness (QED) is 0.710. The summed E-state index contributed by atoms with van der Waals surface area (Å²) in [5.41, 5.74) is 0. The third kappa shape index (κ3) is 6.63. The third-order valence-electron chi connectivity index (χ3n) is 4.25. The number of nitrogens with zero attached hydrogens (tertiary/aromatic N) is 1. The Hall–Kier alpha value is -1.66. The lowest BCUT2D eigenvalue weighted by Crippen LogP contribution is -2.41. The Bertz CT molecular complexity index is 514. The largest absolute Gasteiger partial charge is 0.496 e. The number of hydrogen-bond acceptors (Lipinski definition) is 5. The molecule has 2 rings (SSSR count). The molecule has 1 atom stereocenters. The van der Waals surface area contributed by atoms with Crippen molar-refractivity contribution >= 4 is 18.3 Å². The molecule has 0 aromatic heterocycles. The topological polar surface area (TPSA) is 60.0 Å². The van der Waals surface area contributed by atoms with Crippen molar-refractivity contribution in [3.63, 3.8) is 0 Å². The lowest BCUT2D eigenvalue weighted by molar-refractivity contribution is -0.134. The second-order valence-electron chi connectivity index (χ2n) is 6.05. The van der Waals surface area contributed by atoms with E-state index in [0.29, 0.717) is 30.4 Å². The van der Waals surface area contributed by atoms with Crippen LogP contribution in [0.3, 0.4) is 0 Å². The van der Waals surface area contributed by atoms with Gasteiger partial charge in [0.05, 0.1) is 26.7 Å². The van der Waals surface area contributed by atoms with Gasteiger partial charge >= 0.3 is 0 Å². The number of ether oxygens (including phenoxy) is 3. The molecular weight excluding hydrogens is 344 g/mol. The average Bonchev–Trinajstić information content (AvgIpc) is 2.64. The maximum absolute atomic E-state index is 12.3. The molecule has 1 aliphatic rings. The highest BCUT2D eigenvalue weighted by atomic mass is 35.5. The first-order valence-corrected chi connectivity index (χ1v) is 8.45. The molecular formula is C18H29ClN2O4. The van der Waals surface area contributed by atoms with Crippen LogP contribution in [0.1, 0.15) is 19.3 Å². The molecule has 1 aliphatic heterocycles. The number of carbonyl (C=O) groups excluding carboxylic acids is 1. The SMILES string of the molecule is COc1cc(OC)cc(OCCCN(C)C(=O)C2CCCNC2)c1.Cl. The molecule has 25 heavy (non-hydrogen) atoms. The summed E-state index contributed by atoms with van der Waals surface area (Å²) in [6, 6.07) is 5.45. The molecule has 0 bridgehead atoms. The van der Waals surface area contributed by atoms with Crippen molar-refractivity contribution in [3.05, 3.63) is 18.2 Å². The minimum Gasteiger partial charge on any atom is -0.496 e. The van der Waals surface area contributed by atoms with Crippen molar-refractivity contribution in [3.8, 4) is 17.2 Å². The van der Waals surface area contributed by atoms with E-state index < -0.39 is 0 Å². The first-order valence-electron chi connectivity index (χ1n) is 8.45. The average molecular weight is 373 g/mol. The summed E-state index contributed by atoms with van der Waals surface area (Å²) in [6.45, 7) is 3.04. The number of rotatable bonds is 8. The van der Waals surface area contributed by atoms with Gasteiger partial charge in [0.2, 0.25) is 5.91 Å². The maximum atomic E-state index is 12.3. The van der Waals surface area contributed by atoms with Gasteiger partial charge in [-0.05, 0) is 25.8 Å². The van der Waals surface area contributed by atoms with Gasteiger partial charge in [0.1, 0.15) is 17.2 Å². The number of benzene rings is 1. The van der Waals surface area contributed by atoms with E-state index in [0.717, 1.165) is 32.4 Å². The summed E-state index contributed by atoms with van der Waals surface area (Å²) in [5.74, 6) is 2.44. The number of halogens is 1. The fraction of sp³-hybridized carbons (Fsp3) is 0.611. The van der Waals surface area contributed by atoms with Crippen molar-refractivity contribution in [1.82, 2.24) is 10.2 Å². The van der Waals surface area contributed by atoms with Crippen LogP contribution in [0, 0.1) is 5.92 Å². The summed E-state index contributed by atoms with van der Waals surface area (Å²) in [7, 11) is 5.09. The number of carbonyl (C=O) groups is 1. The zero-order chi connectivity index (χ0) is 17.4. The maximum Gasteiger partial charge on any atom is 0.226 e. The highest BCUT2D eigenvalue weighted by Gasteiger charge is 2.23. The molecule has 7 heteroatoms. The van der Waals surface area contributed by atoms with Crippen LogP contribution >= 0.6 is 12.4 Å². The zero-order valence-corrected chi connectivity index (χ0v) is 16.1. The predicted molar refractivity (Wildman–Crippen MR) is 100 cm³/mol. The molecule has 6 nitrogen and oxygen atoms in total. The Morgan fingerprint density at radius 3 is 2.40 bits per heavy atom. The van der Waals surface area contributed by atoms with Crippen molar-refractivity contribution in [2.24, 2.45) is 5.92 Å². The monoisotopic (exact) mass is 372 g/mol. The number of methoxy groups -OCH3 is 2. The van der Waals surface area contributed by atoms with Crippen molar-refractivity contribution in [1.29, 1.82) is 0 Å². The zero-order valence-electron chi connectivity index (χ0n) is 15.2. The predicted octanol–water partition coefficient (Wildman–Crippen LogP) is 2.35. The van der Waals surface area contributed by atoms with Crippen LogP contribution in [0.2, 0.25) is 0 Å². The molecule has 0 radical (unpaired) electrons. The Morgan fingerprint density at radius 2 is 1.84 bits per heavy atom. The van der Waals surface area contributed by atoms with Gasteiger partial charge < -0.3 is 24.4 Å². The summed E-state index contributed by atoms with van der Waals surface area (Å²) in [6.07, 6.45) is 2.84. The molecule has 1 aromatic rings. The molecule has 1 amide bonds. The molecule has 1 unspecified atom stereocenters. The van der Waals surface area contributed by atoms with Crippen LogP contribution in [-0.4, -0.2) is 58.3 Å². The third-order valence-corrected chi connectivity index (χ3v) is 4.25. The van der Waals surface area contributed by atoms with Gasteiger partial charge in [0.15, 0.2) is 0 Å². The number of hydrogen-bond donors (Lipinski definition) is 1. The van der Waals surface area contributed by atoms with E-state index in [1.165, 1.54) is 0 Å². The summed E-state index contributed by atoms with van der Waals surface area (Å²) >= 11 is 0. The molecule has 0 saturated carbocycles. The highest BCUT2D eigenvalue weighted by Crippen LogP contribution is 2.27. The van der Waals surface area contributed by atoms with Gasteiger partial charge in [0, 0.05) is 38.3 Å². The summed E-state index contributed by atoms with van der Waals surface area (Å²) in [5, 5.41) is 3.29. The summed E-state index contributed by atoms with van der Waals surface area (Å²) in [4.78, 5) is 14.2. The van der Waals surface area contributed by atoms with E-state index >= 15 is 0 Å². The van der Waals surface area contributed by atoms with E-state index in [-0.39, 0.29) is 24.2 Å². The van der Waals surface area contributed by atoms with Gasteiger partial charge in [-0.3, -0.25) is 4.79 Å². The smallest absolute Gasteiger partial charge is 0.226 e. The van der Waals surface area contributed by atoms with Gasteiger partial charge in [-0.1, -0.05) is 0 Å². The van der Waals surface area contributed by atoms with Crippen molar-refractivity contribution in [2.75, 3.05) is 47.5 Å². The van der Waals surface area contributed by atoms with Gasteiger partial charge in [-0.2, -0.15) is 0 Å². The Balaban J connectivity index is 0.00000312. The van der Waals surface area contributed by atoms with Crippen LogP contribution in [0.25, 0.3) is 0 Å². The molecule has 1 N–H and O–H groups in total. The molecule has 1 fully saturated rings. The highest BCUT2D eigenvalue weighted by molar-refractivity contribution is 5.85. The van der Waals surface area contributed by atoms with Gasteiger partial charge in [-0.25, -0.2) is 0 Å². The fourth-order valence-electron chi connectivity index (χ4n) is 2.84. The van der Waals surface area contributed by atoms with E-state index in [9.17, 15) is 4.79 Å². The first kappa shape index (κ1) is 21.4. The van der Waals surface area contributed by atoms with E-state index in [1.54, 1.807) is 20.3 Å². The van der Waals surface area contributed by atoms with E-state index in [4.69, 9.17) is 14.2 Å². The number of nitrogens with one attached hydrogen (secondary N) is 1. The van der Waals surface area contributed by atoms with E-state index in [1.807, 2.05) is 24.1 Å². The van der Waals surface area contributed by atoms with Crippen molar-refractivity contribution in [2.45, 2.75) is 19.3 Å². The number of piperidine rings is 1. The van der Waals surface area contributed by atoms with Crippen LogP contribution in [0.15, 0.2) is 18.2 Å². The van der Waals surface area contributed by atoms with Crippen LogP contribution < -0.4 is 19.5 Å². The molecule has 1 saturated heterocycles. The lowest BCUT2D eigenvalue weighted by Gasteiger charge is -2.27. The Kier molecular flexibility index (Phi) is 9.45.